The van der Waals surface area contributed by atoms with E-state index in [0.29, 0.717) is 0 Å². The van der Waals surface area contributed by atoms with Crippen molar-refractivity contribution in [3.63, 3.8) is 0 Å². The standard InChI is InChI=1S/C14H19N5O5/c1-5(2)11(22)17-14-16-10-7(12(23)18-14)15-4-19(10)13-9(21)8(20)6(3)24-13/h4-6,8-9,13,20-21H,1-3H3,(H2,16,17,18,22,23)/i3D. The highest BCUT2D eigenvalue weighted by atomic mass is 16.6. The van der Waals surface area contributed by atoms with Crippen molar-refractivity contribution in [2.24, 2.45) is 5.92 Å². The molecule has 4 unspecified atom stereocenters. The molecule has 0 bridgehead atoms. The largest absolute Gasteiger partial charge is 0.388 e. The van der Waals surface area contributed by atoms with Crippen molar-refractivity contribution in [2.75, 3.05) is 5.32 Å². The molecule has 0 spiro atoms. The van der Waals surface area contributed by atoms with Crippen LogP contribution in [0.3, 0.4) is 0 Å². The Bertz CT molecular complexity index is 850. The summed E-state index contributed by atoms with van der Waals surface area (Å²) in [6, 6.07) is 0. The lowest BCUT2D eigenvalue weighted by Crippen LogP contribution is -2.30. The number of anilines is 1. The van der Waals surface area contributed by atoms with Crippen molar-refractivity contribution in [2.45, 2.75) is 45.3 Å². The molecule has 1 aliphatic heterocycles. The van der Waals surface area contributed by atoms with Gasteiger partial charge in [0.2, 0.25) is 11.9 Å². The second kappa shape index (κ2) is 5.96. The maximum absolute atomic E-state index is 12.1. The lowest BCUT2D eigenvalue weighted by Gasteiger charge is -2.16. The number of amides is 1. The second-order valence-electron chi connectivity index (χ2n) is 5.93. The fraction of sp³-hybridized carbons (Fsp3) is 0.571. The van der Waals surface area contributed by atoms with Gasteiger partial charge in [0.15, 0.2) is 17.4 Å². The highest BCUT2D eigenvalue weighted by Gasteiger charge is 2.42. The summed E-state index contributed by atoms with van der Waals surface area (Å²) in [7, 11) is 0. The van der Waals surface area contributed by atoms with Gasteiger partial charge in [-0.2, -0.15) is 4.98 Å². The number of nitrogens with zero attached hydrogens (tertiary/aromatic N) is 3. The summed E-state index contributed by atoms with van der Waals surface area (Å²) in [6.45, 7) is 3.16. The summed E-state index contributed by atoms with van der Waals surface area (Å²) in [6.07, 6.45) is -3.18. The number of aromatic amines is 1. The van der Waals surface area contributed by atoms with E-state index in [1.165, 1.54) is 10.9 Å². The third kappa shape index (κ3) is 2.68. The first kappa shape index (κ1) is 15.2. The number of imidazole rings is 1. The summed E-state index contributed by atoms with van der Waals surface area (Å²) in [5.41, 5.74) is -0.472. The number of aliphatic hydroxyl groups is 2. The van der Waals surface area contributed by atoms with Gasteiger partial charge in [0.1, 0.15) is 12.2 Å². The summed E-state index contributed by atoms with van der Waals surface area (Å²) in [5, 5.41) is 22.6. The molecule has 2 aromatic heterocycles. The Morgan fingerprint density at radius 3 is 2.88 bits per heavy atom. The van der Waals surface area contributed by atoms with Gasteiger partial charge in [-0.15, -0.1) is 0 Å². The number of hydrogen-bond donors (Lipinski definition) is 4. The van der Waals surface area contributed by atoms with Crippen molar-refractivity contribution < 1.29 is 21.1 Å². The van der Waals surface area contributed by atoms with Crippen LogP contribution in [-0.2, 0) is 9.53 Å². The topological polar surface area (TPSA) is 142 Å². The molecule has 1 amide bonds. The van der Waals surface area contributed by atoms with Gasteiger partial charge >= 0.3 is 0 Å². The van der Waals surface area contributed by atoms with E-state index in [2.05, 4.69) is 20.3 Å². The normalized spacial score (nSPS) is 27.6. The van der Waals surface area contributed by atoms with Crippen LogP contribution < -0.4 is 10.9 Å². The molecule has 0 aliphatic carbocycles. The molecule has 4 N–H and O–H groups in total. The van der Waals surface area contributed by atoms with Crippen LogP contribution in [-0.4, -0.2) is 54.0 Å². The van der Waals surface area contributed by atoms with E-state index >= 15 is 0 Å². The minimum Gasteiger partial charge on any atom is -0.388 e. The van der Waals surface area contributed by atoms with E-state index in [9.17, 15) is 19.8 Å². The molecule has 3 rings (SSSR count). The highest BCUT2D eigenvalue weighted by molar-refractivity contribution is 5.91. The maximum Gasteiger partial charge on any atom is 0.280 e. The van der Waals surface area contributed by atoms with Crippen LogP contribution in [0.2, 0.25) is 0 Å². The average Bonchev–Trinajstić information content (AvgIpc) is 3.10. The monoisotopic (exact) mass is 338 g/mol. The Morgan fingerprint density at radius 1 is 1.50 bits per heavy atom. The van der Waals surface area contributed by atoms with Crippen molar-refractivity contribution in [3.05, 3.63) is 16.7 Å². The second-order valence-corrected chi connectivity index (χ2v) is 5.93. The Balaban J connectivity index is 2.01. The lowest BCUT2D eigenvalue weighted by molar-refractivity contribution is -0.118. The number of carbonyl (C=O) groups is 1. The van der Waals surface area contributed by atoms with Crippen LogP contribution >= 0.6 is 0 Å². The fourth-order valence-electron chi connectivity index (χ4n) is 2.39. The third-order valence-corrected chi connectivity index (χ3v) is 3.81. The number of H-pyrrole nitrogens is 1. The van der Waals surface area contributed by atoms with Gasteiger partial charge in [0.05, 0.1) is 12.4 Å². The number of rotatable bonds is 3. The molecule has 1 saturated heterocycles. The van der Waals surface area contributed by atoms with Crippen molar-refractivity contribution in [1.29, 1.82) is 0 Å². The minimum absolute atomic E-state index is 0.00200. The molecule has 3 heterocycles. The Kier molecular flexibility index (Phi) is 3.79. The zero-order valence-electron chi connectivity index (χ0n) is 14.1. The number of aliphatic hydroxyl groups excluding tert-OH is 2. The number of carbonyl (C=O) groups excluding carboxylic acids is 1. The number of ether oxygens (including phenoxy) is 1. The molecular formula is C14H19N5O5. The van der Waals surface area contributed by atoms with E-state index in [4.69, 9.17) is 6.11 Å². The molecule has 4 atom stereocenters. The van der Waals surface area contributed by atoms with Gasteiger partial charge in [-0.1, -0.05) is 13.8 Å². The molecule has 10 heteroatoms. The molecule has 2 aromatic rings. The van der Waals surface area contributed by atoms with Crippen LogP contribution in [0.25, 0.3) is 11.2 Å². The van der Waals surface area contributed by atoms with Crippen molar-refractivity contribution in [3.8, 4) is 0 Å². The van der Waals surface area contributed by atoms with Crippen LogP contribution in [0, 0.1) is 5.92 Å². The molecule has 24 heavy (non-hydrogen) atoms. The summed E-state index contributed by atoms with van der Waals surface area (Å²) in [4.78, 5) is 34.5. The maximum atomic E-state index is 12.1. The van der Waals surface area contributed by atoms with E-state index in [-0.39, 0.29) is 35.8 Å². The zero-order valence-corrected chi connectivity index (χ0v) is 13.1. The molecule has 130 valence electrons. The number of nitrogens with one attached hydrogen (secondary N) is 2. The van der Waals surface area contributed by atoms with Gasteiger partial charge in [-0.25, -0.2) is 4.98 Å². The first-order valence-corrected chi connectivity index (χ1v) is 7.42. The summed E-state index contributed by atoms with van der Waals surface area (Å²) < 4.78 is 14.1. The first-order chi connectivity index (χ1) is 11.8. The van der Waals surface area contributed by atoms with Gasteiger partial charge in [0, 0.05) is 7.29 Å². The fourth-order valence-corrected chi connectivity index (χ4v) is 2.39. The Labute approximate surface area is 137 Å². The quantitative estimate of drug-likeness (QED) is 0.582. The Hall–Kier alpha value is -2.30. The van der Waals surface area contributed by atoms with Gasteiger partial charge in [-0.3, -0.25) is 24.5 Å². The summed E-state index contributed by atoms with van der Waals surface area (Å²) >= 11 is 0. The SMILES string of the molecule is [2H]CC1OC(n2cnc3c(=O)[nH]c(NC(=O)C(C)C)nc32)C(O)C1O. The van der Waals surface area contributed by atoms with Crippen molar-refractivity contribution in [1.82, 2.24) is 19.5 Å². The lowest BCUT2D eigenvalue weighted by atomic mass is 10.1. The predicted octanol–water partition coefficient (Wildman–Crippen LogP) is -0.647. The van der Waals surface area contributed by atoms with Crippen molar-refractivity contribution >= 4 is 23.0 Å². The number of aromatic nitrogens is 4. The smallest absolute Gasteiger partial charge is 0.280 e. The molecular weight excluding hydrogens is 318 g/mol. The van der Waals surface area contributed by atoms with Crippen LogP contribution in [0.1, 0.15) is 28.3 Å². The molecule has 10 nitrogen and oxygen atoms in total. The minimum atomic E-state index is -1.30. The van der Waals surface area contributed by atoms with E-state index in [1.54, 1.807) is 13.8 Å². The van der Waals surface area contributed by atoms with Gasteiger partial charge in [-0.05, 0) is 6.90 Å². The van der Waals surface area contributed by atoms with E-state index in [1.807, 2.05) is 0 Å². The molecule has 0 radical (unpaired) electrons. The number of hydrogen-bond acceptors (Lipinski definition) is 7. The molecule has 0 saturated carbocycles. The average molecular weight is 338 g/mol. The zero-order chi connectivity index (χ0) is 18.3. The summed E-state index contributed by atoms with van der Waals surface area (Å²) in [5.74, 6) is -0.683. The molecule has 1 aliphatic rings. The third-order valence-electron chi connectivity index (χ3n) is 3.81. The van der Waals surface area contributed by atoms with E-state index in [0.717, 1.165) is 0 Å². The van der Waals surface area contributed by atoms with Crippen LogP contribution in [0.15, 0.2) is 11.1 Å². The van der Waals surface area contributed by atoms with Gasteiger partial charge < -0.3 is 14.9 Å². The molecule has 0 aromatic carbocycles. The van der Waals surface area contributed by atoms with Gasteiger partial charge in [0.25, 0.3) is 5.56 Å². The number of fused-ring (bicyclic) bond motifs is 1. The highest BCUT2D eigenvalue weighted by Crippen LogP contribution is 2.30. The molecule has 1 fully saturated rings. The first-order valence-electron chi connectivity index (χ1n) is 8.12. The van der Waals surface area contributed by atoms with E-state index < -0.39 is 30.1 Å². The Morgan fingerprint density at radius 2 is 2.25 bits per heavy atom. The van der Waals surface area contributed by atoms with Crippen LogP contribution in [0.4, 0.5) is 5.95 Å². The van der Waals surface area contributed by atoms with Crippen LogP contribution in [0.5, 0.6) is 0 Å². The predicted molar refractivity (Wildman–Crippen MR) is 83.2 cm³/mol.